The molecular weight excluding hydrogens is 257 g/mol. The fraction of sp³-hybridized carbons (Fsp3) is 0.250. The Balaban J connectivity index is 2.83. The standard InChI is InChI=1S/C8H7BrClNO2/c1-13-8(12)7(9)5-2-3-6(10)11-4-5/h2-4,7H,1H3. The van der Waals surface area contributed by atoms with E-state index in [0.29, 0.717) is 5.15 Å². The molecule has 70 valence electrons. The number of hydrogen-bond acceptors (Lipinski definition) is 3. The zero-order valence-electron chi connectivity index (χ0n) is 6.83. The number of aromatic nitrogens is 1. The Labute approximate surface area is 89.2 Å². The predicted molar refractivity (Wildman–Crippen MR) is 52.9 cm³/mol. The molecule has 0 aliphatic carbocycles. The van der Waals surface area contributed by atoms with Crippen molar-refractivity contribution in [3.05, 3.63) is 29.0 Å². The second-order valence-electron chi connectivity index (χ2n) is 2.30. The Bertz CT molecular complexity index is 302. The molecule has 0 radical (unpaired) electrons. The van der Waals surface area contributed by atoms with Crippen molar-refractivity contribution >= 4 is 33.5 Å². The summed E-state index contributed by atoms with van der Waals surface area (Å²) >= 11 is 8.77. The molecule has 0 spiro atoms. The van der Waals surface area contributed by atoms with E-state index in [1.54, 1.807) is 12.1 Å². The van der Waals surface area contributed by atoms with Crippen molar-refractivity contribution in [3.63, 3.8) is 0 Å². The number of carbonyl (C=O) groups excluding carboxylic acids is 1. The largest absolute Gasteiger partial charge is 0.468 e. The molecule has 0 aliphatic rings. The normalized spacial score (nSPS) is 12.2. The Morgan fingerprint density at radius 3 is 2.85 bits per heavy atom. The second kappa shape index (κ2) is 4.58. The maximum absolute atomic E-state index is 11.1. The molecule has 0 bridgehead atoms. The van der Waals surface area contributed by atoms with Crippen LogP contribution in [0.4, 0.5) is 0 Å². The fourth-order valence-corrected chi connectivity index (χ4v) is 1.35. The van der Waals surface area contributed by atoms with Crippen LogP contribution in [0.15, 0.2) is 18.3 Å². The number of halogens is 2. The first kappa shape index (κ1) is 10.5. The van der Waals surface area contributed by atoms with Gasteiger partial charge in [-0.25, -0.2) is 4.98 Å². The summed E-state index contributed by atoms with van der Waals surface area (Å²) in [5.41, 5.74) is 0.719. The van der Waals surface area contributed by atoms with Crippen molar-refractivity contribution in [1.29, 1.82) is 0 Å². The Hall–Kier alpha value is -0.610. The molecule has 13 heavy (non-hydrogen) atoms. The topological polar surface area (TPSA) is 39.2 Å². The van der Waals surface area contributed by atoms with Gasteiger partial charge in [-0.3, -0.25) is 4.79 Å². The van der Waals surface area contributed by atoms with Gasteiger partial charge >= 0.3 is 5.97 Å². The van der Waals surface area contributed by atoms with E-state index in [9.17, 15) is 4.79 Å². The number of nitrogens with zero attached hydrogens (tertiary/aromatic N) is 1. The van der Waals surface area contributed by atoms with E-state index in [2.05, 4.69) is 25.7 Å². The molecule has 1 aromatic heterocycles. The van der Waals surface area contributed by atoms with Crippen LogP contribution in [-0.4, -0.2) is 18.1 Å². The van der Waals surface area contributed by atoms with Crippen LogP contribution in [0.25, 0.3) is 0 Å². The first-order valence-electron chi connectivity index (χ1n) is 3.48. The molecule has 1 rings (SSSR count). The molecule has 0 saturated carbocycles. The lowest BCUT2D eigenvalue weighted by molar-refractivity contribution is -0.139. The highest BCUT2D eigenvalue weighted by Crippen LogP contribution is 2.23. The molecular formula is C8H7BrClNO2. The van der Waals surface area contributed by atoms with Gasteiger partial charge < -0.3 is 4.74 Å². The molecule has 5 heteroatoms. The first-order valence-corrected chi connectivity index (χ1v) is 4.78. The van der Waals surface area contributed by atoms with Gasteiger partial charge in [-0.1, -0.05) is 33.6 Å². The van der Waals surface area contributed by atoms with Crippen molar-refractivity contribution in [2.45, 2.75) is 4.83 Å². The van der Waals surface area contributed by atoms with Gasteiger partial charge in [-0.05, 0) is 11.6 Å². The van der Waals surface area contributed by atoms with Gasteiger partial charge in [0.15, 0.2) is 0 Å². The van der Waals surface area contributed by atoms with E-state index in [1.807, 2.05) is 0 Å². The zero-order chi connectivity index (χ0) is 9.84. The minimum Gasteiger partial charge on any atom is -0.468 e. The molecule has 1 unspecified atom stereocenters. The minimum atomic E-state index is -0.484. The van der Waals surface area contributed by atoms with E-state index in [4.69, 9.17) is 11.6 Å². The van der Waals surface area contributed by atoms with Gasteiger partial charge in [0.2, 0.25) is 0 Å². The van der Waals surface area contributed by atoms with Gasteiger partial charge in [0.1, 0.15) is 9.98 Å². The molecule has 0 aromatic carbocycles. The van der Waals surface area contributed by atoms with Crippen LogP contribution in [0, 0.1) is 0 Å². The van der Waals surface area contributed by atoms with Crippen molar-refractivity contribution in [3.8, 4) is 0 Å². The minimum absolute atomic E-state index is 0.357. The molecule has 1 heterocycles. The van der Waals surface area contributed by atoms with Crippen molar-refractivity contribution in [2.75, 3.05) is 7.11 Å². The summed E-state index contributed by atoms with van der Waals surface area (Å²) in [6.45, 7) is 0. The highest BCUT2D eigenvalue weighted by atomic mass is 79.9. The van der Waals surface area contributed by atoms with Gasteiger partial charge in [0.25, 0.3) is 0 Å². The molecule has 0 N–H and O–H groups in total. The number of alkyl halides is 1. The molecule has 0 aliphatic heterocycles. The summed E-state index contributed by atoms with van der Waals surface area (Å²) < 4.78 is 4.55. The highest BCUT2D eigenvalue weighted by molar-refractivity contribution is 9.09. The van der Waals surface area contributed by atoms with Crippen LogP contribution in [0.2, 0.25) is 5.15 Å². The summed E-state index contributed by atoms with van der Waals surface area (Å²) in [4.78, 5) is 14.4. The third-order valence-corrected chi connectivity index (χ3v) is 2.58. The number of hydrogen-bond donors (Lipinski definition) is 0. The molecule has 1 atom stereocenters. The molecule has 0 saturated heterocycles. The number of ether oxygens (including phenoxy) is 1. The van der Waals surface area contributed by atoms with Crippen LogP contribution in [0.5, 0.6) is 0 Å². The molecule has 0 amide bonds. The van der Waals surface area contributed by atoms with Gasteiger partial charge in [0, 0.05) is 6.20 Å². The number of carbonyl (C=O) groups is 1. The number of rotatable bonds is 2. The van der Waals surface area contributed by atoms with Crippen LogP contribution in [0.3, 0.4) is 0 Å². The van der Waals surface area contributed by atoms with E-state index < -0.39 is 4.83 Å². The monoisotopic (exact) mass is 263 g/mol. The fourth-order valence-electron chi connectivity index (χ4n) is 0.777. The summed E-state index contributed by atoms with van der Waals surface area (Å²) in [6.07, 6.45) is 1.53. The third-order valence-electron chi connectivity index (χ3n) is 1.45. The van der Waals surface area contributed by atoms with E-state index >= 15 is 0 Å². The molecule has 0 fully saturated rings. The number of pyridine rings is 1. The third kappa shape index (κ3) is 2.67. The zero-order valence-corrected chi connectivity index (χ0v) is 9.17. The average molecular weight is 265 g/mol. The summed E-state index contributed by atoms with van der Waals surface area (Å²) in [5.74, 6) is -0.357. The Morgan fingerprint density at radius 1 is 1.69 bits per heavy atom. The lowest BCUT2D eigenvalue weighted by Gasteiger charge is -2.06. The van der Waals surface area contributed by atoms with Gasteiger partial charge in [0.05, 0.1) is 7.11 Å². The van der Waals surface area contributed by atoms with E-state index in [-0.39, 0.29) is 5.97 Å². The average Bonchev–Trinajstić information content (AvgIpc) is 2.17. The van der Waals surface area contributed by atoms with Crippen molar-refractivity contribution < 1.29 is 9.53 Å². The maximum Gasteiger partial charge on any atom is 0.324 e. The Kier molecular flexibility index (Phi) is 3.69. The van der Waals surface area contributed by atoms with Crippen LogP contribution < -0.4 is 0 Å². The van der Waals surface area contributed by atoms with Crippen molar-refractivity contribution in [2.24, 2.45) is 0 Å². The lowest BCUT2D eigenvalue weighted by Crippen LogP contribution is -2.08. The SMILES string of the molecule is COC(=O)C(Br)c1ccc(Cl)nc1. The predicted octanol–water partition coefficient (Wildman–Crippen LogP) is 2.34. The summed E-state index contributed by atoms with van der Waals surface area (Å²) in [6, 6.07) is 3.33. The molecule has 3 nitrogen and oxygen atoms in total. The summed E-state index contributed by atoms with van der Waals surface area (Å²) in [7, 11) is 1.33. The highest BCUT2D eigenvalue weighted by Gasteiger charge is 2.17. The Morgan fingerprint density at radius 2 is 2.38 bits per heavy atom. The van der Waals surface area contributed by atoms with E-state index in [0.717, 1.165) is 5.56 Å². The van der Waals surface area contributed by atoms with Gasteiger partial charge in [-0.15, -0.1) is 0 Å². The molecule has 1 aromatic rings. The quantitative estimate of drug-likeness (QED) is 0.467. The smallest absolute Gasteiger partial charge is 0.324 e. The first-order chi connectivity index (χ1) is 6.15. The number of methoxy groups -OCH3 is 1. The van der Waals surface area contributed by atoms with Crippen molar-refractivity contribution in [1.82, 2.24) is 4.98 Å². The van der Waals surface area contributed by atoms with Gasteiger partial charge in [-0.2, -0.15) is 0 Å². The summed E-state index contributed by atoms with van der Waals surface area (Å²) in [5, 5.41) is 0.397. The number of esters is 1. The van der Waals surface area contributed by atoms with E-state index in [1.165, 1.54) is 13.3 Å². The van der Waals surface area contributed by atoms with Crippen LogP contribution >= 0.6 is 27.5 Å². The lowest BCUT2D eigenvalue weighted by atomic mass is 10.2. The maximum atomic E-state index is 11.1. The van der Waals surface area contributed by atoms with Crippen LogP contribution in [-0.2, 0) is 9.53 Å². The second-order valence-corrected chi connectivity index (χ2v) is 3.60. The van der Waals surface area contributed by atoms with Crippen LogP contribution in [0.1, 0.15) is 10.4 Å².